The van der Waals surface area contributed by atoms with E-state index in [1.807, 2.05) is 30.3 Å². The van der Waals surface area contributed by atoms with Crippen LogP contribution in [-0.4, -0.2) is 25.0 Å². The molecule has 0 unspecified atom stereocenters. The van der Waals surface area contributed by atoms with Crippen molar-refractivity contribution in [1.29, 1.82) is 0 Å². The van der Waals surface area contributed by atoms with Crippen molar-refractivity contribution in [1.82, 2.24) is 25.0 Å². The van der Waals surface area contributed by atoms with Gasteiger partial charge in [-0.05, 0) is 42.5 Å². The molecule has 3 heterocycles. The van der Waals surface area contributed by atoms with Crippen LogP contribution in [0, 0.1) is 6.92 Å². The van der Waals surface area contributed by atoms with Crippen LogP contribution in [0.4, 0.5) is 0 Å². The van der Waals surface area contributed by atoms with Crippen LogP contribution in [-0.2, 0) is 25.1 Å². The SMILES string of the molecule is Cc1ccc(-c2nnc(CSc3nnc(Cc4cccs4)n3CCc3ccccc3)o2)cc1. The summed E-state index contributed by atoms with van der Waals surface area (Å²) in [7, 11) is 0. The first-order valence-electron chi connectivity index (χ1n) is 10.8. The Balaban J connectivity index is 1.31. The number of aryl methyl sites for hydroxylation is 2. The minimum atomic E-state index is 0.537. The quantitative estimate of drug-likeness (QED) is 0.251. The van der Waals surface area contributed by atoms with E-state index < -0.39 is 0 Å². The van der Waals surface area contributed by atoms with Crippen molar-refractivity contribution in [3.63, 3.8) is 0 Å². The molecule has 2 aromatic carbocycles. The van der Waals surface area contributed by atoms with Gasteiger partial charge in [0.25, 0.3) is 0 Å². The van der Waals surface area contributed by atoms with Gasteiger partial charge in [-0.1, -0.05) is 65.9 Å². The highest BCUT2D eigenvalue weighted by Crippen LogP contribution is 2.26. The molecule has 0 atom stereocenters. The predicted octanol–water partition coefficient (Wildman–Crippen LogP) is 5.82. The molecule has 8 heteroatoms. The Labute approximate surface area is 200 Å². The monoisotopic (exact) mass is 473 g/mol. The first-order chi connectivity index (χ1) is 16.2. The zero-order valence-electron chi connectivity index (χ0n) is 18.2. The average molecular weight is 474 g/mol. The van der Waals surface area contributed by atoms with Crippen LogP contribution in [0.3, 0.4) is 0 Å². The maximum Gasteiger partial charge on any atom is 0.247 e. The smallest absolute Gasteiger partial charge is 0.247 e. The molecule has 0 fully saturated rings. The van der Waals surface area contributed by atoms with Gasteiger partial charge in [0.2, 0.25) is 11.8 Å². The molecule has 0 aliphatic rings. The fraction of sp³-hybridized carbons (Fsp3) is 0.200. The molecule has 3 aromatic heterocycles. The zero-order chi connectivity index (χ0) is 22.5. The zero-order valence-corrected chi connectivity index (χ0v) is 19.9. The average Bonchev–Trinajstić information content (AvgIpc) is 3.60. The number of thiophene rings is 1. The molecule has 0 bridgehead atoms. The Morgan fingerprint density at radius 3 is 2.55 bits per heavy atom. The van der Waals surface area contributed by atoms with Crippen LogP contribution in [0.1, 0.15) is 27.7 Å². The Morgan fingerprint density at radius 1 is 0.909 bits per heavy atom. The number of hydrogen-bond acceptors (Lipinski definition) is 7. The number of nitrogens with zero attached hydrogens (tertiary/aromatic N) is 5. The highest BCUT2D eigenvalue weighted by molar-refractivity contribution is 7.98. The molecule has 0 amide bonds. The van der Waals surface area contributed by atoms with Crippen LogP contribution in [0.15, 0.2) is 81.7 Å². The van der Waals surface area contributed by atoms with Crippen LogP contribution >= 0.6 is 23.1 Å². The number of rotatable bonds is 9. The van der Waals surface area contributed by atoms with E-state index in [1.165, 1.54) is 16.0 Å². The van der Waals surface area contributed by atoms with Crippen molar-refractivity contribution >= 4 is 23.1 Å². The minimum Gasteiger partial charge on any atom is -0.420 e. The van der Waals surface area contributed by atoms with Crippen LogP contribution < -0.4 is 0 Å². The summed E-state index contributed by atoms with van der Waals surface area (Å²) in [5.41, 5.74) is 3.42. The molecule has 0 aliphatic heterocycles. The van der Waals surface area contributed by atoms with E-state index in [0.29, 0.717) is 17.5 Å². The van der Waals surface area contributed by atoms with Crippen molar-refractivity contribution in [2.75, 3.05) is 0 Å². The topological polar surface area (TPSA) is 69.6 Å². The third-order valence-corrected chi connectivity index (χ3v) is 7.09. The van der Waals surface area contributed by atoms with Crippen LogP contribution in [0.2, 0.25) is 0 Å². The maximum atomic E-state index is 5.89. The number of aromatic nitrogens is 5. The van der Waals surface area contributed by atoms with Gasteiger partial charge < -0.3 is 8.98 Å². The summed E-state index contributed by atoms with van der Waals surface area (Å²) in [6.45, 7) is 2.87. The molecule has 0 radical (unpaired) electrons. The number of thioether (sulfide) groups is 1. The van der Waals surface area contributed by atoms with E-state index >= 15 is 0 Å². The summed E-state index contributed by atoms with van der Waals surface area (Å²) in [6.07, 6.45) is 1.69. The van der Waals surface area contributed by atoms with Gasteiger partial charge in [-0.2, -0.15) is 0 Å². The lowest BCUT2D eigenvalue weighted by Crippen LogP contribution is -2.08. The fourth-order valence-electron chi connectivity index (χ4n) is 3.49. The minimum absolute atomic E-state index is 0.537. The maximum absolute atomic E-state index is 5.89. The first kappa shape index (κ1) is 21.6. The van der Waals surface area contributed by atoms with Gasteiger partial charge in [-0.25, -0.2) is 0 Å². The van der Waals surface area contributed by atoms with Gasteiger partial charge in [0, 0.05) is 23.4 Å². The van der Waals surface area contributed by atoms with Crippen molar-refractivity contribution in [3.8, 4) is 11.5 Å². The third kappa shape index (κ3) is 5.40. The molecule has 5 aromatic rings. The Kier molecular flexibility index (Phi) is 6.64. The lowest BCUT2D eigenvalue weighted by molar-refractivity contribution is 0.527. The second-order valence-corrected chi connectivity index (χ2v) is 9.67. The van der Waals surface area contributed by atoms with Crippen LogP contribution in [0.25, 0.3) is 11.5 Å². The molecular formula is C25H23N5OS2. The Morgan fingerprint density at radius 2 is 1.76 bits per heavy atom. The van der Waals surface area contributed by atoms with E-state index in [1.54, 1.807) is 23.1 Å². The van der Waals surface area contributed by atoms with E-state index in [9.17, 15) is 0 Å². The van der Waals surface area contributed by atoms with Gasteiger partial charge >= 0.3 is 0 Å². The molecule has 6 nitrogen and oxygen atoms in total. The summed E-state index contributed by atoms with van der Waals surface area (Å²) >= 11 is 3.32. The van der Waals surface area contributed by atoms with Gasteiger partial charge in [-0.15, -0.1) is 31.7 Å². The van der Waals surface area contributed by atoms with Gasteiger partial charge in [-0.3, -0.25) is 0 Å². The number of hydrogen-bond donors (Lipinski definition) is 0. The number of benzene rings is 2. The molecule has 5 rings (SSSR count). The lowest BCUT2D eigenvalue weighted by atomic mass is 10.1. The van der Waals surface area contributed by atoms with E-state index in [2.05, 4.69) is 73.7 Å². The Hall–Kier alpha value is -3.23. The molecular weight excluding hydrogens is 450 g/mol. The van der Waals surface area contributed by atoms with Crippen molar-refractivity contribution in [3.05, 3.63) is 99.8 Å². The summed E-state index contributed by atoms with van der Waals surface area (Å²) in [6, 6.07) is 22.8. The largest absolute Gasteiger partial charge is 0.420 e. The molecule has 0 N–H and O–H groups in total. The second kappa shape index (κ2) is 10.1. The second-order valence-electron chi connectivity index (χ2n) is 7.70. The van der Waals surface area contributed by atoms with Gasteiger partial charge in [0.15, 0.2) is 5.16 Å². The summed E-state index contributed by atoms with van der Waals surface area (Å²) in [5.74, 6) is 2.63. The fourth-order valence-corrected chi connectivity index (χ4v) is 5.01. The lowest BCUT2D eigenvalue weighted by Gasteiger charge is -2.09. The van der Waals surface area contributed by atoms with E-state index in [4.69, 9.17) is 4.42 Å². The third-order valence-electron chi connectivity index (χ3n) is 5.26. The molecule has 0 spiro atoms. The molecule has 166 valence electrons. The van der Waals surface area contributed by atoms with Gasteiger partial charge in [0.05, 0.1) is 5.75 Å². The molecule has 0 saturated heterocycles. The summed E-state index contributed by atoms with van der Waals surface area (Å²) in [4.78, 5) is 1.28. The normalized spacial score (nSPS) is 11.2. The van der Waals surface area contributed by atoms with Crippen molar-refractivity contribution in [2.45, 2.75) is 37.2 Å². The molecule has 33 heavy (non-hydrogen) atoms. The van der Waals surface area contributed by atoms with Crippen molar-refractivity contribution in [2.24, 2.45) is 0 Å². The van der Waals surface area contributed by atoms with Gasteiger partial charge in [0.1, 0.15) is 5.82 Å². The molecule has 0 saturated carbocycles. The Bertz CT molecular complexity index is 1290. The van der Waals surface area contributed by atoms with Crippen LogP contribution in [0.5, 0.6) is 0 Å². The summed E-state index contributed by atoms with van der Waals surface area (Å²) in [5, 5.41) is 20.4. The highest BCUT2D eigenvalue weighted by atomic mass is 32.2. The highest BCUT2D eigenvalue weighted by Gasteiger charge is 2.16. The molecule has 0 aliphatic carbocycles. The summed E-state index contributed by atoms with van der Waals surface area (Å²) < 4.78 is 8.11. The standard InChI is InChI=1S/C25H23N5OS2/c1-18-9-11-20(12-10-18)24-28-27-23(31-24)17-33-25-29-26-22(16-21-8-5-15-32-21)30(25)14-13-19-6-3-2-4-7-19/h2-12,15H,13-14,16-17H2,1H3. The predicted molar refractivity (Wildman–Crippen MR) is 131 cm³/mol. The van der Waals surface area contributed by atoms with E-state index in [0.717, 1.165) is 35.9 Å². The first-order valence-corrected chi connectivity index (χ1v) is 12.6. The van der Waals surface area contributed by atoms with Crippen molar-refractivity contribution < 1.29 is 4.42 Å². The van der Waals surface area contributed by atoms with E-state index in [-0.39, 0.29) is 0 Å².